The highest BCUT2D eigenvalue weighted by molar-refractivity contribution is 6.37. The first-order valence-electron chi connectivity index (χ1n) is 10.3. The molecule has 1 amide bonds. The highest BCUT2D eigenvalue weighted by Gasteiger charge is 2.35. The van der Waals surface area contributed by atoms with Gasteiger partial charge in [0.2, 0.25) is 5.91 Å². The largest absolute Gasteiger partial charge is 0.490 e. The number of H-pyrrole nitrogens is 1. The molecule has 0 unspecified atom stereocenters. The van der Waals surface area contributed by atoms with Crippen molar-refractivity contribution in [1.29, 1.82) is 0 Å². The van der Waals surface area contributed by atoms with E-state index in [9.17, 15) is 19.5 Å². The van der Waals surface area contributed by atoms with E-state index in [0.717, 1.165) is 0 Å². The van der Waals surface area contributed by atoms with Crippen molar-refractivity contribution < 1.29 is 19.4 Å². The molecule has 11 heteroatoms. The van der Waals surface area contributed by atoms with Crippen LogP contribution >= 0.6 is 23.2 Å². The third kappa shape index (κ3) is 5.92. The molecule has 2 heterocycles. The smallest absolute Gasteiger partial charge is 0.330 e. The molecule has 32 heavy (non-hydrogen) atoms. The number of hydrogen-bond donors (Lipinski definition) is 3. The number of carbonyl (C=O) groups is 1. The van der Waals surface area contributed by atoms with E-state index in [1.165, 1.54) is 10.8 Å². The Hall–Kier alpha value is -2.33. The average Bonchev–Trinajstić information content (AvgIpc) is 3.11. The maximum atomic E-state index is 12.1. The van der Waals surface area contributed by atoms with Gasteiger partial charge < -0.3 is 19.9 Å². The number of aryl methyl sites for hydroxylation is 1. The Morgan fingerprint density at radius 1 is 1.34 bits per heavy atom. The highest BCUT2D eigenvalue weighted by atomic mass is 35.5. The third-order valence-corrected chi connectivity index (χ3v) is 5.75. The van der Waals surface area contributed by atoms with Crippen LogP contribution in [-0.2, 0) is 16.0 Å². The molecular weight excluding hydrogens is 461 g/mol. The number of aliphatic hydroxyl groups excluding tert-OH is 1. The van der Waals surface area contributed by atoms with Crippen LogP contribution in [0.4, 0.5) is 0 Å². The number of amides is 1. The van der Waals surface area contributed by atoms with E-state index in [0.29, 0.717) is 34.2 Å². The molecule has 0 radical (unpaired) electrons. The summed E-state index contributed by atoms with van der Waals surface area (Å²) in [5.74, 6) is 0.154. The molecular formula is C21H25Cl2N3O6. The first-order valence-corrected chi connectivity index (χ1v) is 11.1. The van der Waals surface area contributed by atoms with Crippen LogP contribution in [0.5, 0.6) is 5.75 Å². The predicted octanol–water partition coefficient (Wildman–Crippen LogP) is 2.03. The Balaban J connectivity index is 1.45. The standard InChI is InChI=1S/C21H25Cl2N3O6/c1-2-12-11-26(21(30)25-20(12)29)18-9-15(27)16(32-18)10-24-17(28)7-4-8-31-19-13(22)5-3-6-14(19)23/h3,5-6,11,15-16,18,27H,2,4,7-10H2,1H3,(H,24,28)(H,25,29,30)/t15-,16+,18+/m0/s1. The SMILES string of the molecule is CCc1cn([C@H]2C[C@H](O)[C@@H](CNC(=O)CCCOc3c(Cl)cccc3Cl)O2)c(=O)[nH]c1=O. The Morgan fingerprint density at radius 2 is 2.06 bits per heavy atom. The van der Waals surface area contributed by atoms with Crippen LogP contribution in [0.1, 0.15) is 38.0 Å². The Kier molecular flexibility index (Phi) is 8.36. The molecule has 0 aliphatic carbocycles. The minimum atomic E-state index is -0.866. The van der Waals surface area contributed by atoms with Gasteiger partial charge in [-0.2, -0.15) is 0 Å². The molecule has 3 atom stereocenters. The zero-order valence-corrected chi connectivity index (χ0v) is 19.0. The van der Waals surface area contributed by atoms with Gasteiger partial charge in [-0.25, -0.2) is 4.79 Å². The van der Waals surface area contributed by atoms with E-state index in [-0.39, 0.29) is 31.9 Å². The summed E-state index contributed by atoms with van der Waals surface area (Å²) in [6.07, 6.45) is 0.449. The predicted molar refractivity (Wildman–Crippen MR) is 119 cm³/mol. The molecule has 1 aromatic carbocycles. The Morgan fingerprint density at radius 3 is 2.75 bits per heavy atom. The number of nitrogens with zero attached hydrogens (tertiary/aromatic N) is 1. The lowest BCUT2D eigenvalue weighted by molar-refractivity contribution is -0.122. The Bertz CT molecular complexity index is 1050. The maximum absolute atomic E-state index is 12.1. The molecule has 1 aromatic heterocycles. The molecule has 1 saturated heterocycles. The fourth-order valence-electron chi connectivity index (χ4n) is 3.39. The summed E-state index contributed by atoms with van der Waals surface area (Å²) in [6, 6.07) is 5.05. The number of rotatable bonds is 9. The summed E-state index contributed by atoms with van der Waals surface area (Å²) in [7, 11) is 0. The molecule has 0 bridgehead atoms. The second kappa shape index (κ2) is 11.0. The van der Waals surface area contributed by atoms with Crippen molar-refractivity contribution in [2.45, 2.75) is 51.0 Å². The molecule has 0 spiro atoms. The van der Waals surface area contributed by atoms with Crippen LogP contribution in [0.2, 0.25) is 10.0 Å². The van der Waals surface area contributed by atoms with Crippen molar-refractivity contribution in [2.75, 3.05) is 13.2 Å². The number of aliphatic hydroxyl groups is 1. The molecule has 3 N–H and O–H groups in total. The number of hydrogen-bond acceptors (Lipinski definition) is 6. The summed E-state index contributed by atoms with van der Waals surface area (Å²) < 4.78 is 12.6. The molecule has 9 nitrogen and oxygen atoms in total. The van der Waals surface area contributed by atoms with E-state index in [2.05, 4.69) is 10.3 Å². The van der Waals surface area contributed by atoms with E-state index < -0.39 is 29.7 Å². The fourth-order valence-corrected chi connectivity index (χ4v) is 3.90. The van der Waals surface area contributed by atoms with Crippen molar-refractivity contribution in [3.8, 4) is 5.75 Å². The minimum Gasteiger partial charge on any atom is -0.490 e. The van der Waals surface area contributed by atoms with Crippen LogP contribution < -0.4 is 21.3 Å². The van der Waals surface area contributed by atoms with E-state index in [4.69, 9.17) is 32.7 Å². The van der Waals surface area contributed by atoms with Gasteiger partial charge in [-0.1, -0.05) is 36.2 Å². The van der Waals surface area contributed by atoms with Gasteiger partial charge in [-0.15, -0.1) is 0 Å². The van der Waals surface area contributed by atoms with Crippen molar-refractivity contribution in [3.05, 3.63) is 60.8 Å². The molecule has 1 aliphatic rings. The van der Waals surface area contributed by atoms with Crippen molar-refractivity contribution >= 4 is 29.1 Å². The van der Waals surface area contributed by atoms with Gasteiger partial charge in [-0.05, 0) is 25.0 Å². The van der Waals surface area contributed by atoms with Gasteiger partial charge >= 0.3 is 5.69 Å². The number of para-hydroxylation sites is 1. The van der Waals surface area contributed by atoms with Gasteiger partial charge in [0.05, 0.1) is 22.8 Å². The molecule has 1 fully saturated rings. The van der Waals surface area contributed by atoms with Gasteiger partial charge in [0.1, 0.15) is 12.3 Å². The number of benzene rings is 1. The van der Waals surface area contributed by atoms with Crippen molar-refractivity contribution in [2.24, 2.45) is 0 Å². The lowest BCUT2D eigenvalue weighted by Crippen LogP contribution is -2.37. The minimum absolute atomic E-state index is 0.0897. The van der Waals surface area contributed by atoms with E-state index in [1.807, 2.05) is 0 Å². The van der Waals surface area contributed by atoms with Crippen LogP contribution in [0.15, 0.2) is 34.0 Å². The quantitative estimate of drug-likeness (QED) is 0.467. The fraction of sp³-hybridized carbons (Fsp3) is 0.476. The van der Waals surface area contributed by atoms with Crippen LogP contribution in [-0.4, -0.2) is 45.9 Å². The lowest BCUT2D eigenvalue weighted by atomic mass is 10.1. The number of aromatic amines is 1. The normalized spacial score (nSPS) is 20.3. The zero-order valence-electron chi connectivity index (χ0n) is 17.5. The number of carbonyl (C=O) groups excluding carboxylic acids is 1. The molecule has 0 saturated carbocycles. The molecule has 174 valence electrons. The number of halogens is 2. The summed E-state index contributed by atoms with van der Waals surface area (Å²) in [6.45, 7) is 2.15. The zero-order chi connectivity index (χ0) is 23.3. The number of aromatic nitrogens is 2. The topological polar surface area (TPSA) is 123 Å². The van der Waals surface area contributed by atoms with Crippen molar-refractivity contribution in [1.82, 2.24) is 14.9 Å². The number of ether oxygens (including phenoxy) is 2. The summed E-state index contributed by atoms with van der Waals surface area (Å²) in [5.41, 5.74) is -0.593. The number of nitrogens with one attached hydrogen (secondary N) is 2. The maximum Gasteiger partial charge on any atom is 0.330 e. The first kappa shape index (κ1) is 24.3. The van der Waals surface area contributed by atoms with Crippen molar-refractivity contribution in [3.63, 3.8) is 0 Å². The van der Waals surface area contributed by atoms with E-state index in [1.54, 1.807) is 25.1 Å². The highest BCUT2D eigenvalue weighted by Crippen LogP contribution is 2.32. The third-order valence-electron chi connectivity index (χ3n) is 5.15. The molecule has 1 aliphatic heterocycles. The summed E-state index contributed by atoms with van der Waals surface area (Å²) >= 11 is 12.1. The molecule has 2 aromatic rings. The average molecular weight is 486 g/mol. The first-order chi connectivity index (χ1) is 15.3. The van der Waals surface area contributed by atoms with Crippen LogP contribution in [0, 0.1) is 0 Å². The summed E-state index contributed by atoms with van der Waals surface area (Å²) in [5, 5.41) is 13.8. The summed E-state index contributed by atoms with van der Waals surface area (Å²) in [4.78, 5) is 38.2. The van der Waals surface area contributed by atoms with Gasteiger partial charge in [0, 0.05) is 31.1 Å². The lowest BCUT2D eigenvalue weighted by Gasteiger charge is -2.17. The van der Waals surface area contributed by atoms with Gasteiger partial charge in [-0.3, -0.25) is 19.1 Å². The van der Waals surface area contributed by atoms with E-state index >= 15 is 0 Å². The van der Waals surface area contributed by atoms with Gasteiger partial charge in [0.15, 0.2) is 5.75 Å². The van der Waals surface area contributed by atoms with Crippen LogP contribution in [0.25, 0.3) is 0 Å². The second-order valence-electron chi connectivity index (χ2n) is 7.41. The Labute approximate surface area is 194 Å². The molecule has 3 rings (SSSR count). The second-order valence-corrected chi connectivity index (χ2v) is 8.23. The van der Waals surface area contributed by atoms with Gasteiger partial charge in [0.25, 0.3) is 5.56 Å². The van der Waals surface area contributed by atoms with Crippen LogP contribution in [0.3, 0.4) is 0 Å². The monoisotopic (exact) mass is 485 g/mol.